The molecule has 0 bridgehead atoms. The van der Waals surface area contributed by atoms with Crippen LogP contribution in [0.2, 0.25) is 0 Å². The van der Waals surface area contributed by atoms with Crippen LogP contribution in [0, 0.1) is 11.8 Å². The van der Waals surface area contributed by atoms with Crippen LogP contribution in [0.1, 0.15) is 51.9 Å². The number of aldehydes is 1. The highest BCUT2D eigenvalue weighted by Crippen LogP contribution is 2.33. The molecule has 0 aromatic heterocycles. The number of esters is 2. The molecule has 1 rings (SSSR count). The molecule has 124 valence electrons. The number of ether oxygens (including phenoxy) is 2. The summed E-state index contributed by atoms with van der Waals surface area (Å²) < 4.78 is 9.62. The molecule has 0 N–H and O–H groups in total. The minimum atomic E-state index is -0.605. The van der Waals surface area contributed by atoms with Crippen LogP contribution in [0.15, 0.2) is 0 Å². The summed E-state index contributed by atoms with van der Waals surface area (Å²) >= 11 is 0. The molecule has 0 spiro atoms. The highest BCUT2D eigenvalue weighted by Gasteiger charge is 2.43. The van der Waals surface area contributed by atoms with Crippen LogP contribution >= 0.6 is 0 Å². The van der Waals surface area contributed by atoms with E-state index in [0.717, 1.165) is 32.0 Å². The first-order valence-electron chi connectivity index (χ1n) is 7.71. The van der Waals surface area contributed by atoms with Gasteiger partial charge < -0.3 is 14.3 Å². The van der Waals surface area contributed by atoms with Crippen molar-refractivity contribution in [2.24, 2.45) is 11.8 Å². The van der Waals surface area contributed by atoms with E-state index in [4.69, 9.17) is 4.74 Å². The maximum absolute atomic E-state index is 12.0. The second kappa shape index (κ2) is 9.33. The Labute approximate surface area is 130 Å². The predicted octanol–water partition coefficient (Wildman–Crippen LogP) is 1.84. The molecule has 0 heterocycles. The van der Waals surface area contributed by atoms with E-state index in [2.05, 4.69) is 4.74 Å². The first-order chi connectivity index (χ1) is 10.5. The molecule has 0 saturated heterocycles. The van der Waals surface area contributed by atoms with Gasteiger partial charge >= 0.3 is 11.9 Å². The van der Waals surface area contributed by atoms with E-state index in [0.29, 0.717) is 12.8 Å². The van der Waals surface area contributed by atoms with Crippen molar-refractivity contribution in [2.75, 3.05) is 7.11 Å². The minimum absolute atomic E-state index is 0.00193. The van der Waals surface area contributed by atoms with Gasteiger partial charge in [0.15, 0.2) is 0 Å². The second-order valence-corrected chi connectivity index (χ2v) is 5.67. The Morgan fingerprint density at radius 2 is 1.91 bits per heavy atom. The normalized spacial score (nSPS) is 24.1. The summed E-state index contributed by atoms with van der Waals surface area (Å²) in [7, 11) is 1.37. The molecule has 0 aromatic rings. The predicted molar refractivity (Wildman–Crippen MR) is 77.9 cm³/mol. The Balaban J connectivity index is 2.32. The number of ketones is 1. The smallest absolute Gasteiger partial charge is 0.305 e. The lowest BCUT2D eigenvalue weighted by atomic mass is 9.90. The van der Waals surface area contributed by atoms with Gasteiger partial charge in [-0.1, -0.05) is 19.3 Å². The lowest BCUT2D eigenvalue weighted by Gasteiger charge is -2.17. The van der Waals surface area contributed by atoms with E-state index in [9.17, 15) is 19.2 Å². The van der Waals surface area contributed by atoms with Crippen molar-refractivity contribution in [1.29, 1.82) is 0 Å². The summed E-state index contributed by atoms with van der Waals surface area (Å²) in [6.45, 7) is 1.28. The molecule has 22 heavy (non-hydrogen) atoms. The zero-order valence-electron chi connectivity index (χ0n) is 13.2. The third-order valence-corrected chi connectivity index (χ3v) is 4.06. The monoisotopic (exact) mass is 312 g/mol. The highest BCUT2D eigenvalue weighted by molar-refractivity contribution is 5.88. The van der Waals surface area contributed by atoms with E-state index in [-0.39, 0.29) is 24.1 Å². The molecule has 1 aliphatic carbocycles. The number of methoxy groups -OCH3 is 1. The fourth-order valence-corrected chi connectivity index (χ4v) is 2.92. The number of unbranched alkanes of at least 4 members (excludes halogenated alkanes) is 3. The first-order valence-corrected chi connectivity index (χ1v) is 7.71. The summed E-state index contributed by atoms with van der Waals surface area (Å²) in [6.07, 6.45) is 4.65. The van der Waals surface area contributed by atoms with Crippen LogP contribution in [0.25, 0.3) is 0 Å². The van der Waals surface area contributed by atoms with Gasteiger partial charge in [0, 0.05) is 25.7 Å². The van der Waals surface area contributed by atoms with Crippen LogP contribution < -0.4 is 0 Å². The van der Waals surface area contributed by atoms with Crippen molar-refractivity contribution in [3.63, 3.8) is 0 Å². The van der Waals surface area contributed by atoms with Gasteiger partial charge in [0.1, 0.15) is 18.2 Å². The Morgan fingerprint density at radius 3 is 2.50 bits per heavy atom. The summed E-state index contributed by atoms with van der Waals surface area (Å²) in [5.41, 5.74) is 0. The minimum Gasteiger partial charge on any atom is -0.469 e. The Kier molecular flexibility index (Phi) is 7.77. The molecule has 0 aliphatic heterocycles. The zero-order valence-corrected chi connectivity index (χ0v) is 13.2. The zero-order chi connectivity index (χ0) is 16.5. The van der Waals surface area contributed by atoms with Crippen LogP contribution in [0.5, 0.6) is 0 Å². The summed E-state index contributed by atoms with van der Waals surface area (Å²) in [5, 5.41) is 0. The maximum atomic E-state index is 12.0. The number of rotatable bonds is 9. The van der Waals surface area contributed by atoms with E-state index in [1.54, 1.807) is 0 Å². The molecule has 1 saturated carbocycles. The molecule has 6 nitrogen and oxygen atoms in total. The van der Waals surface area contributed by atoms with Crippen molar-refractivity contribution in [2.45, 2.75) is 58.0 Å². The molecule has 0 radical (unpaired) electrons. The lowest BCUT2D eigenvalue weighted by Crippen LogP contribution is -2.26. The molecular weight excluding hydrogens is 288 g/mol. The highest BCUT2D eigenvalue weighted by atomic mass is 16.5. The topological polar surface area (TPSA) is 86.7 Å². The Bertz CT molecular complexity index is 417. The maximum Gasteiger partial charge on any atom is 0.305 e. The largest absolute Gasteiger partial charge is 0.469 e. The third-order valence-electron chi connectivity index (χ3n) is 4.06. The van der Waals surface area contributed by atoms with Gasteiger partial charge in [0.2, 0.25) is 0 Å². The second-order valence-electron chi connectivity index (χ2n) is 5.67. The van der Waals surface area contributed by atoms with Crippen LogP contribution in [-0.4, -0.2) is 37.2 Å². The van der Waals surface area contributed by atoms with Crippen molar-refractivity contribution in [1.82, 2.24) is 0 Å². The van der Waals surface area contributed by atoms with Gasteiger partial charge in [-0.05, 0) is 12.8 Å². The fraction of sp³-hybridized carbons (Fsp3) is 0.750. The van der Waals surface area contributed by atoms with Gasteiger partial charge in [-0.25, -0.2) is 0 Å². The quantitative estimate of drug-likeness (QED) is 0.367. The molecule has 1 aliphatic rings. The lowest BCUT2D eigenvalue weighted by molar-refractivity contribution is -0.149. The summed E-state index contributed by atoms with van der Waals surface area (Å²) in [5.74, 6) is -1.55. The van der Waals surface area contributed by atoms with E-state index < -0.39 is 18.0 Å². The van der Waals surface area contributed by atoms with Gasteiger partial charge in [-0.2, -0.15) is 0 Å². The van der Waals surface area contributed by atoms with Crippen LogP contribution in [-0.2, 0) is 28.7 Å². The standard InChI is InChI=1S/C16H24O6/c1-11(18)22-15-9-14(19)12(13(15)10-17)7-5-3-4-6-8-16(20)21-2/h10,12-13,15H,3-9H2,1-2H3. The third kappa shape index (κ3) is 5.58. The van der Waals surface area contributed by atoms with Crippen molar-refractivity contribution < 1.29 is 28.7 Å². The van der Waals surface area contributed by atoms with Gasteiger partial charge in [-0.15, -0.1) is 0 Å². The van der Waals surface area contributed by atoms with Crippen molar-refractivity contribution in [3.05, 3.63) is 0 Å². The Hall–Kier alpha value is -1.72. The van der Waals surface area contributed by atoms with Crippen LogP contribution in [0.3, 0.4) is 0 Å². The molecule has 6 heteroatoms. The summed E-state index contributed by atoms with van der Waals surface area (Å²) in [6, 6.07) is 0. The molecule has 0 aromatic carbocycles. The number of carbonyl (C=O) groups is 4. The first kappa shape index (κ1) is 18.3. The average Bonchev–Trinajstić information content (AvgIpc) is 2.76. The SMILES string of the molecule is COC(=O)CCCCCCC1C(=O)CC(OC(C)=O)C1C=O. The van der Waals surface area contributed by atoms with Gasteiger partial charge in [0.05, 0.1) is 13.0 Å². The van der Waals surface area contributed by atoms with Crippen molar-refractivity contribution in [3.8, 4) is 0 Å². The Morgan fingerprint density at radius 1 is 1.23 bits per heavy atom. The average molecular weight is 312 g/mol. The fourth-order valence-electron chi connectivity index (χ4n) is 2.92. The molecule has 1 fully saturated rings. The number of carbonyl (C=O) groups excluding carboxylic acids is 4. The van der Waals surface area contributed by atoms with E-state index in [1.165, 1.54) is 14.0 Å². The molecule has 3 unspecified atom stereocenters. The van der Waals surface area contributed by atoms with E-state index >= 15 is 0 Å². The number of hydrogen-bond acceptors (Lipinski definition) is 6. The molecule has 0 amide bonds. The van der Waals surface area contributed by atoms with Crippen molar-refractivity contribution >= 4 is 24.0 Å². The molecular formula is C16H24O6. The van der Waals surface area contributed by atoms with Gasteiger partial charge in [0.25, 0.3) is 0 Å². The van der Waals surface area contributed by atoms with E-state index in [1.807, 2.05) is 0 Å². The van der Waals surface area contributed by atoms with Gasteiger partial charge in [-0.3, -0.25) is 14.4 Å². The molecule has 3 atom stereocenters. The number of hydrogen-bond donors (Lipinski definition) is 0. The number of Topliss-reactive ketones (excluding diaryl/α,β-unsaturated/α-hetero) is 1. The summed E-state index contributed by atoms with van der Waals surface area (Å²) in [4.78, 5) is 45.1. The van der Waals surface area contributed by atoms with Crippen LogP contribution in [0.4, 0.5) is 0 Å².